The van der Waals surface area contributed by atoms with E-state index < -0.39 is 0 Å². The normalized spacial score (nSPS) is 15.3. The molecule has 0 N–H and O–H groups in total. The van der Waals surface area contributed by atoms with Crippen LogP contribution in [0.4, 0.5) is 0 Å². The summed E-state index contributed by atoms with van der Waals surface area (Å²) in [6.07, 6.45) is 0.603. The molecule has 5 heteroatoms. The van der Waals surface area contributed by atoms with Gasteiger partial charge in [0.2, 0.25) is 17.6 Å². The molecule has 0 atom stereocenters. The number of nitrogens with zero attached hydrogens (tertiary/aromatic N) is 3. The van der Waals surface area contributed by atoms with Crippen molar-refractivity contribution in [1.29, 1.82) is 0 Å². The quantitative estimate of drug-likeness (QED) is 0.866. The highest BCUT2D eigenvalue weighted by molar-refractivity contribution is 5.77. The molecule has 1 fully saturated rings. The Morgan fingerprint density at radius 3 is 2.71 bits per heavy atom. The highest BCUT2D eigenvalue weighted by atomic mass is 16.5. The van der Waals surface area contributed by atoms with Crippen molar-refractivity contribution in [1.82, 2.24) is 15.0 Å². The molecular weight excluding hydrogens is 266 g/mol. The maximum atomic E-state index is 11.9. The number of carbonyl (C=O) groups excluding carboxylic acids is 1. The number of rotatable bonds is 4. The molecule has 1 amide bonds. The molecule has 5 nitrogen and oxygen atoms in total. The van der Waals surface area contributed by atoms with E-state index in [1.54, 1.807) is 0 Å². The molecule has 2 aromatic rings. The lowest BCUT2D eigenvalue weighted by Crippen LogP contribution is -2.48. The minimum Gasteiger partial charge on any atom is -0.341 e. The van der Waals surface area contributed by atoms with Gasteiger partial charge in [0.1, 0.15) is 0 Å². The van der Waals surface area contributed by atoms with Crippen molar-refractivity contribution < 1.29 is 9.32 Å². The van der Waals surface area contributed by atoms with Gasteiger partial charge >= 0.3 is 0 Å². The average Bonchev–Trinajstić information content (AvgIpc) is 2.86. The Morgan fingerprint density at radius 1 is 1.33 bits per heavy atom. The first-order chi connectivity index (χ1) is 10.1. The first-order valence-electron chi connectivity index (χ1n) is 7.30. The minimum absolute atomic E-state index is 0.172. The van der Waals surface area contributed by atoms with Crippen LogP contribution in [0.25, 0.3) is 11.4 Å². The predicted octanol–water partition coefficient (Wildman–Crippen LogP) is 2.71. The van der Waals surface area contributed by atoms with Crippen LogP contribution in [-0.4, -0.2) is 34.0 Å². The monoisotopic (exact) mass is 285 g/mol. The van der Waals surface area contributed by atoms with Crippen LogP contribution in [-0.2, 0) is 4.79 Å². The van der Waals surface area contributed by atoms with Gasteiger partial charge < -0.3 is 9.42 Å². The molecule has 0 spiro atoms. The Balaban J connectivity index is 1.61. The van der Waals surface area contributed by atoms with E-state index in [1.165, 1.54) is 0 Å². The second-order valence-electron chi connectivity index (χ2n) is 5.92. The second kappa shape index (κ2) is 5.68. The van der Waals surface area contributed by atoms with Gasteiger partial charge in [0, 0.05) is 25.1 Å². The largest absolute Gasteiger partial charge is 0.341 e. The number of benzene rings is 1. The summed E-state index contributed by atoms with van der Waals surface area (Å²) in [5.41, 5.74) is 0.944. The van der Waals surface area contributed by atoms with E-state index in [4.69, 9.17) is 4.52 Å². The molecule has 0 bridgehead atoms. The fourth-order valence-corrected chi connectivity index (χ4v) is 2.42. The van der Waals surface area contributed by atoms with Gasteiger partial charge in [-0.15, -0.1) is 0 Å². The van der Waals surface area contributed by atoms with Crippen molar-refractivity contribution >= 4 is 5.91 Å². The summed E-state index contributed by atoms with van der Waals surface area (Å²) < 4.78 is 5.33. The van der Waals surface area contributed by atoms with Crippen LogP contribution in [0.3, 0.4) is 0 Å². The third-order valence-electron chi connectivity index (χ3n) is 3.64. The van der Waals surface area contributed by atoms with Gasteiger partial charge in [-0.2, -0.15) is 4.98 Å². The number of hydrogen-bond acceptors (Lipinski definition) is 4. The van der Waals surface area contributed by atoms with Crippen LogP contribution in [0, 0.1) is 5.92 Å². The Kier molecular flexibility index (Phi) is 3.73. The Bertz CT molecular complexity index is 615. The van der Waals surface area contributed by atoms with Crippen LogP contribution < -0.4 is 0 Å². The van der Waals surface area contributed by atoms with Gasteiger partial charge in [-0.3, -0.25) is 4.79 Å². The van der Waals surface area contributed by atoms with Crippen LogP contribution >= 0.6 is 0 Å². The molecule has 0 unspecified atom stereocenters. The molecule has 1 aliphatic rings. The third-order valence-corrected chi connectivity index (χ3v) is 3.64. The molecular formula is C16H19N3O2. The maximum absolute atomic E-state index is 11.9. The topological polar surface area (TPSA) is 59.2 Å². The van der Waals surface area contributed by atoms with Crippen LogP contribution in [0.1, 0.15) is 32.1 Å². The number of hydrogen-bond donors (Lipinski definition) is 0. The van der Waals surface area contributed by atoms with Gasteiger partial charge in [-0.1, -0.05) is 49.3 Å². The molecule has 1 saturated heterocycles. The molecule has 110 valence electrons. The summed E-state index contributed by atoms with van der Waals surface area (Å²) in [5.74, 6) is 2.01. The molecule has 2 heterocycles. The predicted molar refractivity (Wildman–Crippen MR) is 78.5 cm³/mol. The van der Waals surface area contributed by atoms with Gasteiger partial charge in [0.15, 0.2) is 0 Å². The van der Waals surface area contributed by atoms with E-state index in [0.29, 0.717) is 37.1 Å². The Morgan fingerprint density at radius 2 is 2.05 bits per heavy atom. The number of amides is 1. The van der Waals surface area contributed by atoms with Crippen molar-refractivity contribution in [2.45, 2.75) is 26.2 Å². The molecule has 1 aromatic carbocycles. The smallest absolute Gasteiger partial charge is 0.233 e. The zero-order chi connectivity index (χ0) is 14.8. The maximum Gasteiger partial charge on any atom is 0.233 e. The van der Waals surface area contributed by atoms with Gasteiger partial charge in [-0.05, 0) is 5.92 Å². The van der Waals surface area contributed by atoms with Gasteiger partial charge in [0.05, 0.1) is 5.92 Å². The molecule has 1 aliphatic heterocycles. The Hall–Kier alpha value is -2.17. The number of aromatic nitrogens is 2. The van der Waals surface area contributed by atoms with Crippen molar-refractivity contribution in [2.24, 2.45) is 5.92 Å². The third kappa shape index (κ3) is 2.96. The summed E-state index contributed by atoms with van der Waals surface area (Å²) in [6.45, 7) is 5.47. The van der Waals surface area contributed by atoms with E-state index in [1.807, 2.05) is 35.2 Å². The molecule has 21 heavy (non-hydrogen) atoms. The molecule has 1 aromatic heterocycles. The summed E-state index contributed by atoms with van der Waals surface area (Å²) in [4.78, 5) is 18.2. The molecule has 3 rings (SSSR count). The highest BCUT2D eigenvalue weighted by Gasteiger charge is 2.35. The number of likely N-dealkylation sites (tertiary alicyclic amines) is 1. The van der Waals surface area contributed by atoms with Crippen LogP contribution in [0.2, 0.25) is 0 Å². The lowest BCUT2D eigenvalue weighted by molar-refractivity contribution is -0.136. The van der Waals surface area contributed by atoms with E-state index in [2.05, 4.69) is 24.0 Å². The zero-order valence-electron chi connectivity index (χ0n) is 12.3. The first kappa shape index (κ1) is 13.8. The fraction of sp³-hybridized carbons (Fsp3) is 0.438. The summed E-state index contributed by atoms with van der Waals surface area (Å²) in [6, 6.07) is 9.75. The highest BCUT2D eigenvalue weighted by Crippen LogP contribution is 2.28. The number of carbonyl (C=O) groups is 1. The fourth-order valence-electron chi connectivity index (χ4n) is 2.42. The van der Waals surface area contributed by atoms with Crippen molar-refractivity contribution in [3.63, 3.8) is 0 Å². The lowest BCUT2D eigenvalue weighted by Gasteiger charge is -2.37. The van der Waals surface area contributed by atoms with Crippen LogP contribution in [0.5, 0.6) is 0 Å². The van der Waals surface area contributed by atoms with E-state index >= 15 is 0 Å². The van der Waals surface area contributed by atoms with E-state index in [0.717, 1.165) is 5.56 Å². The molecule has 0 radical (unpaired) electrons. The lowest BCUT2D eigenvalue weighted by atomic mass is 9.98. The van der Waals surface area contributed by atoms with Crippen LogP contribution in [0.15, 0.2) is 34.9 Å². The van der Waals surface area contributed by atoms with Crippen molar-refractivity contribution in [3.8, 4) is 11.4 Å². The zero-order valence-corrected chi connectivity index (χ0v) is 12.3. The summed E-state index contributed by atoms with van der Waals surface area (Å²) >= 11 is 0. The van der Waals surface area contributed by atoms with Crippen molar-refractivity contribution in [3.05, 3.63) is 36.2 Å². The minimum atomic E-state index is 0.172. The van der Waals surface area contributed by atoms with E-state index in [9.17, 15) is 4.79 Å². The average molecular weight is 285 g/mol. The Labute approximate surface area is 124 Å². The first-order valence-corrected chi connectivity index (χ1v) is 7.30. The van der Waals surface area contributed by atoms with Gasteiger partial charge in [-0.25, -0.2) is 0 Å². The standard InChI is InChI=1S/C16H19N3O2/c1-11(2)8-14(20)19-9-13(10-19)16-17-15(18-21-16)12-6-4-3-5-7-12/h3-7,11,13H,8-10H2,1-2H3. The van der Waals surface area contributed by atoms with Crippen molar-refractivity contribution in [2.75, 3.05) is 13.1 Å². The van der Waals surface area contributed by atoms with Gasteiger partial charge in [0.25, 0.3) is 0 Å². The second-order valence-corrected chi connectivity index (χ2v) is 5.92. The molecule has 0 aliphatic carbocycles. The summed E-state index contributed by atoms with van der Waals surface area (Å²) in [5, 5.41) is 4.02. The molecule has 0 saturated carbocycles. The summed E-state index contributed by atoms with van der Waals surface area (Å²) in [7, 11) is 0. The SMILES string of the molecule is CC(C)CC(=O)N1CC(c2nc(-c3ccccc3)no2)C1. The van der Waals surface area contributed by atoms with E-state index in [-0.39, 0.29) is 11.8 Å².